The molecule has 0 amide bonds. The van der Waals surface area contributed by atoms with Crippen molar-refractivity contribution >= 4 is 55.7 Å². The molecule has 3 aliphatic carbocycles. The summed E-state index contributed by atoms with van der Waals surface area (Å²) in [5.41, 5.74) is 33.8. The summed E-state index contributed by atoms with van der Waals surface area (Å²) in [5.74, 6) is 0. The minimum atomic E-state index is -0.609. The average Bonchev–Trinajstić information content (AvgIpc) is 1.58. The molecule has 15 aromatic carbocycles. The van der Waals surface area contributed by atoms with Crippen molar-refractivity contribution in [2.75, 3.05) is 9.80 Å². The van der Waals surface area contributed by atoms with Crippen molar-refractivity contribution < 1.29 is 0 Å². The van der Waals surface area contributed by atoms with Gasteiger partial charge in [0.1, 0.15) is 0 Å². The Balaban J connectivity index is 0.880. The summed E-state index contributed by atoms with van der Waals surface area (Å²) >= 11 is 0. The summed E-state index contributed by atoms with van der Waals surface area (Å²) in [5, 5.41) is 4.93. The van der Waals surface area contributed by atoms with Gasteiger partial charge in [0.25, 0.3) is 0 Å². The van der Waals surface area contributed by atoms with E-state index < -0.39 is 10.8 Å². The third-order valence-corrected chi connectivity index (χ3v) is 21.8. The van der Waals surface area contributed by atoms with Crippen molar-refractivity contribution in [2.24, 2.45) is 0 Å². The van der Waals surface area contributed by atoms with E-state index in [-0.39, 0.29) is 5.41 Å². The lowest BCUT2D eigenvalue weighted by Crippen LogP contribution is -2.36. The van der Waals surface area contributed by atoms with Crippen LogP contribution in [0.1, 0.15) is 69.5 Å². The van der Waals surface area contributed by atoms with Gasteiger partial charge in [-0.05, 0) is 199 Å². The summed E-state index contributed by atoms with van der Waals surface area (Å²) in [7, 11) is 0. The monoisotopic (exact) mass is 1180 g/mol. The zero-order valence-corrected chi connectivity index (χ0v) is 51.6. The van der Waals surface area contributed by atoms with Crippen molar-refractivity contribution in [3.05, 3.63) is 383 Å². The summed E-state index contributed by atoms with van der Waals surface area (Å²) in [6, 6.07) is 124. The Morgan fingerprint density at radius 2 is 0.516 bits per heavy atom. The standard InChI is InChI=1S/C91H60N2/c1-89(2)72-43-12-9-32-61(72)66-41-25-42-69(88(66)89)85-64-37-23-35-59(62-39-26-50-79-86(62)67-33-10-13-44-73(67)90(79)75-46-15-19-52-81(75)92(57-28-5-3-6-29-57)82-53-20-16-47-76(82)90)70(64)56-71-60(36-24-38-65(71)85)63-40-27-51-80-87(63)68-34-11-14-45-74(68)91(80)77-48-17-21-54-83(77)93(58-30-7-4-8-31-58)84-55-22-18-49-78(84)91/h3-56H,1-2H3. The molecule has 2 heterocycles. The number of rotatable bonds is 5. The highest BCUT2D eigenvalue weighted by molar-refractivity contribution is 6.21. The number of hydrogen-bond acceptors (Lipinski definition) is 2. The molecule has 0 saturated heterocycles. The van der Waals surface area contributed by atoms with Crippen LogP contribution >= 0.6 is 0 Å². The predicted octanol–water partition coefficient (Wildman–Crippen LogP) is 23.6. The van der Waals surface area contributed by atoms with E-state index in [1.807, 2.05) is 0 Å². The van der Waals surface area contributed by atoms with Crippen LogP contribution in [-0.2, 0) is 16.2 Å². The summed E-state index contributed by atoms with van der Waals surface area (Å²) < 4.78 is 0. The molecule has 0 bridgehead atoms. The first kappa shape index (κ1) is 52.2. The molecule has 93 heavy (non-hydrogen) atoms. The third kappa shape index (κ3) is 6.71. The van der Waals surface area contributed by atoms with Gasteiger partial charge in [-0.15, -0.1) is 0 Å². The highest BCUT2D eigenvalue weighted by Crippen LogP contribution is 2.67. The van der Waals surface area contributed by atoms with Gasteiger partial charge in [-0.3, -0.25) is 0 Å². The zero-order chi connectivity index (χ0) is 61.3. The summed E-state index contributed by atoms with van der Waals surface area (Å²) in [6.07, 6.45) is 0. The fraction of sp³-hybridized carbons (Fsp3) is 0.0549. The number of nitrogens with zero attached hydrogens (tertiary/aromatic N) is 2. The normalized spacial score (nSPS) is 14.8. The molecule has 0 unspecified atom stereocenters. The maximum absolute atomic E-state index is 2.58. The first-order valence-electron chi connectivity index (χ1n) is 32.8. The van der Waals surface area contributed by atoms with E-state index in [0.717, 1.165) is 11.4 Å². The molecule has 434 valence electrons. The Morgan fingerprint density at radius 1 is 0.204 bits per heavy atom. The predicted molar refractivity (Wildman–Crippen MR) is 386 cm³/mol. The Hall–Kier alpha value is -11.6. The van der Waals surface area contributed by atoms with Gasteiger partial charge >= 0.3 is 0 Å². The Labute approximate surface area is 542 Å². The molecule has 2 spiro atoms. The molecule has 2 aliphatic heterocycles. The molecule has 15 aromatic rings. The van der Waals surface area contributed by atoms with E-state index in [9.17, 15) is 0 Å². The Morgan fingerprint density at radius 3 is 0.968 bits per heavy atom. The van der Waals surface area contributed by atoms with Crippen LogP contribution in [0, 0.1) is 0 Å². The molecule has 0 atom stereocenters. The van der Waals surface area contributed by atoms with Crippen LogP contribution in [0.5, 0.6) is 0 Å². The lowest BCUT2D eigenvalue weighted by Gasteiger charge is -2.45. The van der Waals surface area contributed by atoms with E-state index >= 15 is 0 Å². The quantitative estimate of drug-likeness (QED) is 0.159. The number of fused-ring (bicyclic) bond motifs is 23. The molecular weight excluding hydrogens is 1120 g/mol. The second-order valence-corrected chi connectivity index (χ2v) is 26.4. The average molecular weight is 1180 g/mol. The van der Waals surface area contributed by atoms with E-state index in [0.29, 0.717) is 0 Å². The van der Waals surface area contributed by atoms with Gasteiger partial charge in [-0.1, -0.05) is 287 Å². The third-order valence-electron chi connectivity index (χ3n) is 21.8. The minimum absolute atomic E-state index is 0.270. The molecule has 0 aromatic heterocycles. The van der Waals surface area contributed by atoms with Crippen molar-refractivity contribution in [3.63, 3.8) is 0 Å². The molecule has 2 nitrogen and oxygen atoms in total. The number of anilines is 6. The summed E-state index contributed by atoms with van der Waals surface area (Å²) in [6.45, 7) is 4.88. The van der Waals surface area contributed by atoms with Gasteiger partial charge in [0.05, 0.1) is 33.6 Å². The molecule has 0 fully saturated rings. The van der Waals surface area contributed by atoms with Gasteiger partial charge in [-0.25, -0.2) is 0 Å². The largest absolute Gasteiger partial charge is 0.310 e. The van der Waals surface area contributed by atoms with Crippen molar-refractivity contribution in [2.45, 2.75) is 30.1 Å². The fourth-order valence-corrected chi connectivity index (χ4v) is 18.5. The topological polar surface area (TPSA) is 6.48 Å². The fourth-order valence-electron chi connectivity index (χ4n) is 18.5. The second-order valence-electron chi connectivity index (χ2n) is 26.4. The van der Waals surface area contributed by atoms with Crippen molar-refractivity contribution in [3.8, 4) is 66.8 Å². The molecule has 2 heteroatoms. The van der Waals surface area contributed by atoms with Crippen LogP contribution in [0.15, 0.2) is 328 Å². The van der Waals surface area contributed by atoms with Crippen LogP contribution in [0.4, 0.5) is 34.1 Å². The highest BCUT2D eigenvalue weighted by Gasteiger charge is 2.54. The van der Waals surface area contributed by atoms with Crippen LogP contribution < -0.4 is 9.80 Å². The van der Waals surface area contributed by atoms with Crippen molar-refractivity contribution in [1.82, 2.24) is 0 Å². The number of benzene rings is 15. The SMILES string of the molecule is CC1(C)c2ccccc2-c2cccc(-c3c4cccc(-c5cccc6c5-c5ccccc5C65c6ccccc6N(c6ccccc6)c6ccccc65)c4cc4c(-c5cccc6c5-c5ccccc5C65c6ccccc6N(c6ccccc6)c6ccccc65)cccc34)c21. The van der Waals surface area contributed by atoms with E-state index in [1.165, 1.54) is 167 Å². The van der Waals surface area contributed by atoms with Gasteiger partial charge in [0.2, 0.25) is 0 Å². The molecule has 0 saturated carbocycles. The zero-order valence-electron chi connectivity index (χ0n) is 51.6. The van der Waals surface area contributed by atoms with Crippen LogP contribution in [0.2, 0.25) is 0 Å². The van der Waals surface area contributed by atoms with Gasteiger partial charge in [0, 0.05) is 16.8 Å². The molecule has 0 radical (unpaired) electrons. The second kappa shape index (κ2) is 19.2. The van der Waals surface area contributed by atoms with Crippen LogP contribution in [0.3, 0.4) is 0 Å². The van der Waals surface area contributed by atoms with Gasteiger partial charge in [0.15, 0.2) is 0 Å². The van der Waals surface area contributed by atoms with E-state index in [4.69, 9.17) is 0 Å². The lowest BCUT2D eigenvalue weighted by molar-refractivity contribution is 0.662. The van der Waals surface area contributed by atoms with E-state index in [1.54, 1.807) is 0 Å². The Kier molecular flexibility index (Phi) is 10.8. The maximum Gasteiger partial charge on any atom is 0.0754 e. The van der Waals surface area contributed by atoms with Gasteiger partial charge < -0.3 is 9.80 Å². The smallest absolute Gasteiger partial charge is 0.0754 e. The van der Waals surface area contributed by atoms with E-state index in [2.05, 4.69) is 351 Å². The first-order chi connectivity index (χ1) is 46.0. The minimum Gasteiger partial charge on any atom is -0.310 e. The molecule has 5 aliphatic rings. The molecule has 20 rings (SSSR count). The van der Waals surface area contributed by atoms with Crippen LogP contribution in [-0.4, -0.2) is 0 Å². The van der Waals surface area contributed by atoms with Crippen molar-refractivity contribution in [1.29, 1.82) is 0 Å². The number of hydrogen-bond donors (Lipinski definition) is 0. The van der Waals surface area contributed by atoms with Crippen LogP contribution in [0.25, 0.3) is 88.3 Å². The lowest BCUT2D eigenvalue weighted by atomic mass is 9.64. The Bertz CT molecular complexity index is 5300. The number of para-hydroxylation sites is 6. The molecule has 0 N–H and O–H groups in total. The molecular formula is C91H60N2. The van der Waals surface area contributed by atoms with Gasteiger partial charge in [-0.2, -0.15) is 0 Å². The maximum atomic E-state index is 2.58. The first-order valence-corrected chi connectivity index (χ1v) is 32.8. The summed E-state index contributed by atoms with van der Waals surface area (Å²) in [4.78, 5) is 4.95. The highest BCUT2D eigenvalue weighted by atomic mass is 15.2.